The van der Waals surface area contributed by atoms with Gasteiger partial charge in [0.1, 0.15) is 0 Å². The molecule has 0 saturated carbocycles. The molecule has 0 bridgehead atoms. The molecule has 0 fully saturated rings. The molecule has 0 unspecified atom stereocenters. The second-order valence-corrected chi connectivity index (χ2v) is 7.05. The standard InChI is InChI=1S/C22H22F3N5O4/c23-22(24,25)34-18-5-2-1-4-17(18)28-21(33)30-20-27-13-16(19(32)29-20)15-8-6-14(7-9-15)12-26-10-3-11-31/h1-2,4-9,13,26,31H,3,10-12H2,(H3,27,28,29,30,32,33). The molecule has 3 aromatic rings. The Kier molecular flexibility index (Phi) is 8.22. The lowest BCUT2D eigenvalue weighted by Gasteiger charge is -2.14. The topological polar surface area (TPSA) is 128 Å². The van der Waals surface area contributed by atoms with E-state index in [4.69, 9.17) is 5.11 Å². The highest BCUT2D eigenvalue weighted by Gasteiger charge is 2.32. The fraction of sp³-hybridized carbons (Fsp3) is 0.227. The van der Waals surface area contributed by atoms with Crippen LogP contribution in [0.1, 0.15) is 12.0 Å². The van der Waals surface area contributed by atoms with Gasteiger partial charge in [-0.3, -0.25) is 15.1 Å². The maximum atomic E-state index is 12.5. The lowest BCUT2D eigenvalue weighted by Crippen LogP contribution is -2.24. The zero-order valence-corrected chi connectivity index (χ0v) is 17.8. The number of hydrogen-bond donors (Lipinski definition) is 5. The minimum Gasteiger partial charge on any atom is -0.404 e. The summed E-state index contributed by atoms with van der Waals surface area (Å²) in [4.78, 5) is 31.1. The van der Waals surface area contributed by atoms with Crippen LogP contribution in [-0.4, -0.2) is 40.6 Å². The Morgan fingerprint density at radius 1 is 1.09 bits per heavy atom. The lowest BCUT2D eigenvalue weighted by molar-refractivity contribution is -0.274. The van der Waals surface area contributed by atoms with Crippen molar-refractivity contribution < 1.29 is 27.8 Å². The Bertz CT molecular complexity index is 1170. The Labute approximate surface area is 192 Å². The number of aromatic amines is 1. The van der Waals surface area contributed by atoms with Crippen LogP contribution in [-0.2, 0) is 6.54 Å². The SMILES string of the molecule is O=C(Nc1ncc(-c2ccc(CNCCCO)cc2)c(=O)[nH]1)Nc1ccccc1OC(F)(F)F. The number of H-pyrrole nitrogens is 1. The molecule has 3 rings (SSSR count). The number of hydrogen-bond acceptors (Lipinski definition) is 6. The summed E-state index contributed by atoms with van der Waals surface area (Å²) in [6, 6.07) is 11.3. The number of aliphatic hydroxyl groups excluding tert-OH is 1. The number of ether oxygens (including phenoxy) is 1. The van der Waals surface area contributed by atoms with Gasteiger partial charge in [0.15, 0.2) is 5.75 Å². The van der Waals surface area contributed by atoms with Crippen molar-refractivity contribution >= 4 is 17.7 Å². The highest BCUT2D eigenvalue weighted by atomic mass is 19.4. The van der Waals surface area contributed by atoms with Gasteiger partial charge in [-0.15, -0.1) is 13.2 Å². The number of nitrogens with one attached hydrogen (secondary N) is 4. The van der Waals surface area contributed by atoms with Gasteiger partial charge in [-0.1, -0.05) is 36.4 Å². The van der Waals surface area contributed by atoms with E-state index in [-0.39, 0.29) is 23.8 Å². The maximum absolute atomic E-state index is 12.5. The van der Waals surface area contributed by atoms with Crippen LogP contribution >= 0.6 is 0 Å². The van der Waals surface area contributed by atoms with Crippen molar-refractivity contribution in [2.75, 3.05) is 23.8 Å². The van der Waals surface area contributed by atoms with Crippen LogP contribution in [0.4, 0.5) is 29.6 Å². The van der Waals surface area contributed by atoms with Crippen LogP contribution in [0.15, 0.2) is 59.5 Å². The molecule has 2 aromatic carbocycles. The minimum atomic E-state index is -4.93. The lowest BCUT2D eigenvalue weighted by atomic mass is 10.1. The fourth-order valence-corrected chi connectivity index (χ4v) is 2.95. The van der Waals surface area contributed by atoms with Gasteiger partial charge < -0.3 is 20.5 Å². The number of amides is 2. The number of nitrogens with zero attached hydrogens (tertiary/aromatic N) is 1. The Morgan fingerprint density at radius 2 is 1.82 bits per heavy atom. The van der Waals surface area contributed by atoms with E-state index in [2.05, 4.69) is 30.7 Å². The summed E-state index contributed by atoms with van der Waals surface area (Å²) < 4.78 is 41.4. The zero-order chi connectivity index (χ0) is 24.6. The zero-order valence-electron chi connectivity index (χ0n) is 17.8. The predicted molar refractivity (Wildman–Crippen MR) is 119 cm³/mol. The number of carbonyl (C=O) groups excluding carboxylic acids is 1. The molecule has 0 atom stereocenters. The molecule has 0 aliphatic heterocycles. The van der Waals surface area contributed by atoms with Crippen LogP contribution in [0.5, 0.6) is 5.75 Å². The number of alkyl halides is 3. The van der Waals surface area contributed by atoms with Gasteiger partial charge in [0.05, 0.1) is 11.3 Å². The van der Waals surface area contributed by atoms with Gasteiger partial charge in [-0.25, -0.2) is 9.78 Å². The average Bonchev–Trinajstić information content (AvgIpc) is 2.78. The highest BCUT2D eigenvalue weighted by Crippen LogP contribution is 2.29. The number of halogens is 3. The van der Waals surface area contributed by atoms with Gasteiger partial charge in [0.25, 0.3) is 5.56 Å². The molecule has 1 heterocycles. The number of carbonyl (C=O) groups is 1. The summed E-state index contributed by atoms with van der Waals surface area (Å²) in [5, 5.41) is 16.5. The molecule has 34 heavy (non-hydrogen) atoms. The minimum absolute atomic E-state index is 0.119. The second kappa shape index (κ2) is 11.3. The summed E-state index contributed by atoms with van der Waals surface area (Å²) in [5.74, 6) is -0.779. The summed E-state index contributed by atoms with van der Waals surface area (Å²) in [6.45, 7) is 1.42. The molecule has 1 aromatic heterocycles. The van der Waals surface area contributed by atoms with E-state index >= 15 is 0 Å². The number of aliphatic hydroxyl groups is 1. The van der Waals surface area contributed by atoms with Crippen molar-refractivity contribution in [2.45, 2.75) is 19.3 Å². The average molecular weight is 477 g/mol. The fourth-order valence-electron chi connectivity index (χ4n) is 2.95. The van der Waals surface area contributed by atoms with Crippen LogP contribution in [0.25, 0.3) is 11.1 Å². The molecular formula is C22H22F3N5O4. The molecule has 0 saturated heterocycles. The van der Waals surface area contributed by atoms with Crippen LogP contribution in [0.2, 0.25) is 0 Å². The number of urea groups is 1. The monoisotopic (exact) mass is 477 g/mol. The van der Waals surface area contributed by atoms with E-state index in [0.717, 1.165) is 11.6 Å². The van der Waals surface area contributed by atoms with Crippen molar-refractivity contribution in [1.82, 2.24) is 15.3 Å². The number of para-hydroxylation sites is 2. The quantitative estimate of drug-likeness (QED) is 0.300. The van der Waals surface area contributed by atoms with Gasteiger partial charge in [0, 0.05) is 19.3 Å². The molecule has 5 N–H and O–H groups in total. The second-order valence-electron chi connectivity index (χ2n) is 7.05. The first-order valence-electron chi connectivity index (χ1n) is 10.2. The normalized spacial score (nSPS) is 11.2. The first kappa shape index (κ1) is 24.7. The van der Waals surface area contributed by atoms with Gasteiger partial charge in [0.2, 0.25) is 5.95 Å². The van der Waals surface area contributed by atoms with Crippen molar-refractivity contribution in [3.8, 4) is 16.9 Å². The van der Waals surface area contributed by atoms with E-state index in [0.29, 0.717) is 25.1 Å². The number of rotatable bonds is 9. The smallest absolute Gasteiger partial charge is 0.404 e. The number of aromatic nitrogens is 2. The van der Waals surface area contributed by atoms with Crippen molar-refractivity contribution in [1.29, 1.82) is 0 Å². The molecule has 12 heteroatoms. The number of anilines is 2. The molecule has 0 aliphatic rings. The van der Waals surface area contributed by atoms with Crippen molar-refractivity contribution in [3.63, 3.8) is 0 Å². The van der Waals surface area contributed by atoms with E-state index in [1.807, 2.05) is 12.1 Å². The van der Waals surface area contributed by atoms with Crippen LogP contribution in [0, 0.1) is 0 Å². The third-order valence-electron chi connectivity index (χ3n) is 4.50. The first-order valence-corrected chi connectivity index (χ1v) is 10.2. The third kappa shape index (κ3) is 7.32. The van der Waals surface area contributed by atoms with Crippen LogP contribution in [0.3, 0.4) is 0 Å². The maximum Gasteiger partial charge on any atom is 0.573 e. The summed E-state index contributed by atoms with van der Waals surface area (Å²) in [5.41, 5.74) is 1.15. The highest BCUT2D eigenvalue weighted by molar-refractivity contribution is 5.99. The van der Waals surface area contributed by atoms with Gasteiger partial charge in [-0.2, -0.15) is 0 Å². The molecule has 0 radical (unpaired) electrons. The van der Waals surface area contributed by atoms with Crippen molar-refractivity contribution in [3.05, 3.63) is 70.6 Å². The summed E-state index contributed by atoms with van der Waals surface area (Å²) in [7, 11) is 0. The summed E-state index contributed by atoms with van der Waals surface area (Å²) in [6.07, 6.45) is -2.99. The first-order chi connectivity index (χ1) is 16.2. The largest absolute Gasteiger partial charge is 0.573 e. The molecular weight excluding hydrogens is 455 g/mol. The predicted octanol–water partition coefficient (Wildman–Crippen LogP) is 3.45. The molecule has 0 aliphatic carbocycles. The third-order valence-corrected chi connectivity index (χ3v) is 4.50. The molecule has 180 valence electrons. The Balaban J connectivity index is 1.64. The van der Waals surface area contributed by atoms with E-state index < -0.39 is 23.7 Å². The van der Waals surface area contributed by atoms with Crippen LogP contribution < -0.4 is 26.2 Å². The Hall–Kier alpha value is -3.90. The van der Waals surface area contributed by atoms with E-state index in [1.54, 1.807) is 12.1 Å². The Morgan fingerprint density at radius 3 is 2.50 bits per heavy atom. The van der Waals surface area contributed by atoms with Gasteiger partial charge in [-0.05, 0) is 36.2 Å². The molecule has 2 amide bonds. The molecule has 0 spiro atoms. The summed E-state index contributed by atoms with van der Waals surface area (Å²) >= 11 is 0. The number of benzene rings is 2. The van der Waals surface area contributed by atoms with E-state index in [1.165, 1.54) is 24.4 Å². The van der Waals surface area contributed by atoms with Crippen molar-refractivity contribution in [2.24, 2.45) is 0 Å². The van der Waals surface area contributed by atoms with Gasteiger partial charge >= 0.3 is 12.4 Å². The molecule has 9 nitrogen and oxygen atoms in total. The van der Waals surface area contributed by atoms with E-state index in [9.17, 15) is 22.8 Å².